The van der Waals surface area contributed by atoms with E-state index < -0.39 is 12.1 Å². The predicted molar refractivity (Wildman–Crippen MR) is 103 cm³/mol. The van der Waals surface area contributed by atoms with Gasteiger partial charge in [0.15, 0.2) is 0 Å². The summed E-state index contributed by atoms with van der Waals surface area (Å²) in [7, 11) is 0. The highest BCUT2D eigenvalue weighted by Gasteiger charge is 2.39. The molecule has 1 unspecified atom stereocenters. The minimum Gasteiger partial charge on any atom is -0.170 e. The molecule has 0 heterocycles. The van der Waals surface area contributed by atoms with E-state index in [2.05, 4.69) is 15.9 Å². The average molecular weight is 473 g/mol. The molecule has 2 aromatic rings. The molecule has 0 saturated heterocycles. The van der Waals surface area contributed by atoms with Gasteiger partial charge in [0, 0.05) is 4.47 Å². The predicted octanol–water partition coefficient (Wildman–Crippen LogP) is 8.33. The number of aryl methyl sites for hydroxylation is 1. The number of halogens is 7. The van der Waals surface area contributed by atoms with E-state index in [9.17, 15) is 13.2 Å². The zero-order valence-electron chi connectivity index (χ0n) is 13.0. The second-order valence-electron chi connectivity index (χ2n) is 5.38. The third kappa shape index (κ3) is 5.16. The minimum absolute atomic E-state index is 0.0122. The van der Waals surface area contributed by atoms with Crippen LogP contribution >= 0.6 is 50.7 Å². The van der Waals surface area contributed by atoms with Crippen LogP contribution in [0.3, 0.4) is 0 Å². The fraction of sp³-hybridized carbons (Fsp3) is 0.222. The third-order valence-electron chi connectivity index (χ3n) is 3.66. The van der Waals surface area contributed by atoms with E-state index in [0.717, 1.165) is 22.5 Å². The second-order valence-corrected chi connectivity index (χ2v) is 7.43. The van der Waals surface area contributed by atoms with Crippen molar-refractivity contribution < 1.29 is 13.2 Å². The number of alkyl halides is 3. The molecule has 25 heavy (non-hydrogen) atoms. The Kier molecular flexibility index (Phi) is 6.88. The Labute approximate surface area is 167 Å². The van der Waals surface area contributed by atoms with Crippen molar-refractivity contribution in [1.82, 2.24) is 0 Å². The molecule has 7 heteroatoms. The molecular formula is C18H13BrCl3F3. The Morgan fingerprint density at radius 1 is 1.08 bits per heavy atom. The van der Waals surface area contributed by atoms with Gasteiger partial charge in [-0.2, -0.15) is 13.2 Å². The number of allylic oxidation sites excluding steroid dienone is 1. The fourth-order valence-corrected chi connectivity index (χ4v) is 3.62. The first-order valence-electron chi connectivity index (χ1n) is 7.31. The van der Waals surface area contributed by atoms with Gasteiger partial charge in [-0.3, -0.25) is 0 Å². The van der Waals surface area contributed by atoms with E-state index in [1.54, 1.807) is 12.1 Å². The molecule has 0 saturated carbocycles. The Hall–Kier alpha value is -0.680. The van der Waals surface area contributed by atoms with Crippen LogP contribution in [0.4, 0.5) is 13.2 Å². The molecular weight excluding hydrogens is 459 g/mol. The Morgan fingerprint density at radius 2 is 1.68 bits per heavy atom. The average Bonchev–Trinajstić information content (AvgIpc) is 2.51. The van der Waals surface area contributed by atoms with Gasteiger partial charge in [0.25, 0.3) is 0 Å². The first-order chi connectivity index (χ1) is 11.6. The Balaban J connectivity index is 2.41. The van der Waals surface area contributed by atoms with Crippen LogP contribution in [0.1, 0.15) is 29.5 Å². The summed E-state index contributed by atoms with van der Waals surface area (Å²) in [5.74, 6) is -1.84. The molecule has 0 aliphatic carbocycles. The molecule has 0 nitrogen and oxygen atoms in total. The highest BCUT2D eigenvalue weighted by Crippen LogP contribution is 2.41. The lowest BCUT2D eigenvalue weighted by atomic mass is 9.97. The smallest absolute Gasteiger partial charge is 0.170 e. The zero-order chi connectivity index (χ0) is 18.8. The van der Waals surface area contributed by atoms with Gasteiger partial charge in [0.05, 0.1) is 21.0 Å². The summed E-state index contributed by atoms with van der Waals surface area (Å²) in [5, 5.41) is 0.0137. The summed E-state index contributed by atoms with van der Waals surface area (Å²) >= 11 is 21.0. The molecule has 1 atom stereocenters. The lowest BCUT2D eigenvalue weighted by Gasteiger charge is -2.18. The quantitative estimate of drug-likeness (QED) is 0.392. The molecule has 134 valence electrons. The Bertz CT molecular complexity index is 778. The SMILES string of the molecule is CCc1ccc(/C=C\C(c2cc(Cl)c(Cl)c(Cl)c2)C(F)(F)F)cc1Br. The van der Waals surface area contributed by atoms with Gasteiger partial charge in [-0.05, 0) is 41.3 Å². The number of rotatable bonds is 4. The van der Waals surface area contributed by atoms with E-state index in [-0.39, 0.29) is 20.6 Å². The summed E-state index contributed by atoms with van der Waals surface area (Å²) in [6.45, 7) is 2.00. The highest BCUT2D eigenvalue weighted by atomic mass is 79.9. The third-order valence-corrected chi connectivity index (χ3v) is 5.59. The summed E-state index contributed by atoms with van der Waals surface area (Å²) < 4.78 is 41.3. The maximum atomic E-state index is 13.5. The molecule has 0 fully saturated rings. The van der Waals surface area contributed by atoms with Crippen molar-refractivity contribution in [3.8, 4) is 0 Å². The van der Waals surface area contributed by atoms with Crippen LogP contribution in [0, 0.1) is 0 Å². The molecule has 0 spiro atoms. The van der Waals surface area contributed by atoms with E-state index >= 15 is 0 Å². The fourth-order valence-electron chi connectivity index (χ4n) is 2.33. The molecule has 0 aromatic heterocycles. The molecule has 0 aliphatic heterocycles. The van der Waals surface area contributed by atoms with Crippen molar-refractivity contribution in [2.24, 2.45) is 0 Å². The van der Waals surface area contributed by atoms with Gasteiger partial charge >= 0.3 is 6.18 Å². The maximum Gasteiger partial charge on any atom is 0.399 e. The van der Waals surface area contributed by atoms with Crippen molar-refractivity contribution in [3.05, 3.63) is 72.6 Å². The first-order valence-corrected chi connectivity index (χ1v) is 9.24. The van der Waals surface area contributed by atoms with Crippen molar-refractivity contribution in [2.45, 2.75) is 25.4 Å². The largest absolute Gasteiger partial charge is 0.399 e. The van der Waals surface area contributed by atoms with Crippen molar-refractivity contribution in [1.29, 1.82) is 0 Å². The first kappa shape index (κ1) is 20.6. The number of hydrogen-bond donors (Lipinski definition) is 0. The minimum atomic E-state index is -4.49. The van der Waals surface area contributed by atoms with E-state index in [4.69, 9.17) is 34.8 Å². The standard InChI is InChI=1S/C18H13BrCl3F3/c1-2-11-5-3-10(7-14(11)19)4-6-13(18(23,24)25)12-8-15(20)17(22)16(21)9-12/h3-9,13H,2H2,1H3/b6-4-. The molecule has 0 aliphatic rings. The maximum absolute atomic E-state index is 13.5. The van der Waals surface area contributed by atoms with E-state index in [1.807, 2.05) is 13.0 Å². The lowest BCUT2D eigenvalue weighted by Crippen LogP contribution is -2.19. The van der Waals surface area contributed by atoms with Crippen LogP contribution in [0.15, 0.2) is 40.9 Å². The summed E-state index contributed by atoms with van der Waals surface area (Å²) in [4.78, 5) is 0. The van der Waals surface area contributed by atoms with Gasteiger partial charge in [0.1, 0.15) is 0 Å². The van der Waals surface area contributed by atoms with Crippen molar-refractivity contribution in [2.75, 3.05) is 0 Å². The van der Waals surface area contributed by atoms with Crippen LogP contribution in [-0.4, -0.2) is 6.18 Å². The van der Waals surface area contributed by atoms with Crippen LogP contribution in [0.2, 0.25) is 15.1 Å². The topological polar surface area (TPSA) is 0 Å². The lowest BCUT2D eigenvalue weighted by molar-refractivity contribution is -0.139. The van der Waals surface area contributed by atoms with Gasteiger partial charge in [0.2, 0.25) is 0 Å². The van der Waals surface area contributed by atoms with Crippen LogP contribution in [0.5, 0.6) is 0 Å². The van der Waals surface area contributed by atoms with Gasteiger partial charge in [-0.1, -0.05) is 81.9 Å². The van der Waals surface area contributed by atoms with E-state index in [1.165, 1.54) is 18.2 Å². The van der Waals surface area contributed by atoms with Crippen LogP contribution in [-0.2, 0) is 6.42 Å². The number of benzene rings is 2. The zero-order valence-corrected chi connectivity index (χ0v) is 16.8. The molecule has 0 amide bonds. The van der Waals surface area contributed by atoms with Gasteiger partial charge in [-0.15, -0.1) is 0 Å². The summed E-state index contributed by atoms with van der Waals surface area (Å²) in [6.07, 6.45) is -1.14. The molecule has 0 bridgehead atoms. The molecule has 0 N–H and O–H groups in total. The van der Waals surface area contributed by atoms with E-state index in [0.29, 0.717) is 5.56 Å². The van der Waals surface area contributed by atoms with Crippen molar-refractivity contribution in [3.63, 3.8) is 0 Å². The molecule has 0 radical (unpaired) electrons. The van der Waals surface area contributed by atoms with Gasteiger partial charge < -0.3 is 0 Å². The van der Waals surface area contributed by atoms with Crippen LogP contribution < -0.4 is 0 Å². The van der Waals surface area contributed by atoms with Gasteiger partial charge in [-0.25, -0.2) is 0 Å². The molecule has 2 rings (SSSR count). The highest BCUT2D eigenvalue weighted by molar-refractivity contribution is 9.10. The summed E-state index contributed by atoms with van der Waals surface area (Å²) in [6, 6.07) is 7.81. The van der Waals surface area contributed by atoms with Crippen LogP contribution in [0.25, 0.3) is 6.08 Å². The Morgan fingerprint density at radius 3 is 2.16 bits per heavy atom. The second kappa shape index (κ2) is 8.34. The summed E-state index contributed by atoms with van der Waals surface area (Å²) in [5.41, 5.74) is 1.68. The molecule has 2 aromatic carbocycles. The monoisotopic (exact) mass is 470 g/mol. The van der Waals surface area contributed by atoms with Crippen molar-refractivity contribution >= 4 is 56.8 Å². The normalized spacial score (nSPS) is 13.4. The number of hydrogen-bond acceptors (Lipinski definition) is 0.